The van der Waals surface area contributed by atoms with Crippen molar-refractivity contribution in [1.82, 2.24) is 4.90 Å². The highest BCUT2D eigenvalue weighted by atomic mass is 32.2. The van der Waals surface area contributed by atoms with E-state index in [1.807, 2.05) is 0 Å². The normalized spacial score (nSPS) is 18.6. The molecule has 0 aliphatic heterocycles. The highest BCUT2D eigenvalue weighted by molar-refractivity contribution is 7.84. The maximum Gasteiger partial charge on any atom is 0.222 e. The fourth-order valence-corrected chi connectivity index (χ4v) is 3.62. The molecule has 94 valence electrons. The SMILES string of the molecule is CN(C)C(=O)CCC[S@](=O)CC1CCCC1. The van der Waals surface area contributed by atoms with E-state index < -0.39 is 10.8 Å². The molecule has 0 N–H and O–H groups in total. The molecular formula is C12H23NO2S. The standard InChI is InChI=1S/C12H23NO2S/c1-13(2)12(14)8-5-9-16(15)10-11-6-3-4-7-11/h11H,3-10H2,1-2H3/t16-/m0/s1. The van der Waals surface area contributed by atoms with Gasteiger partial charge in [0.05, 0.1) is 0 Å². The summed E-state index contributed by atoms with van der Waals surface area (Å²) in [6.07, 6.45) is 6.41. The number of carbonyl (C=O) groups is 1. The minimum absolute atomic E-state index is 0.137. The van der Waals surface area contributed by atoms with E-state index in [4.69, 9.17) is 0 Å². The molecule has 0 saturated heterocycles. The van der Waals surface area contributed by atoms with Crippen molar-refractivity contribution in [2.24, 2.45) is 5.92 Å². The zero-order valence-electron chi connectivity index (χ0n) is 10.4. The van der Waals surface area contributed by atoms with Gasteiger partial charge in [0.1, 0.15) is 0 Å². The van der Waals surface area contributed by atoms with Gasteiger partial charge in [-0.25, -0.2) is 0 Å². The smallest absolute Gasteiger partial charge is 0.222 e. The van der Waals surface area contributed by atoms with Gasteiger partial charge in [0, 0.05) is 42.8 Å². The summed E-state index contributed by atoms with van der Waals surface area (Å²) >= 11 is 0. The van der Waals surface area contributed by atoms with E-state index in [0.717, 1.165) is 12.2 Å². The lowest BCUT2D eigenvalue weighted by atomic mass is 10.1. The Kier molecular flexibility index (Phi) is 6.03. The van der Waals surface area contributed by atoms with Crippen LogP contribution in [0.25, 0.3) is 0 Å². The highest BCUT2D eigenvalue weighted by Crippen LogP contribution is 2.25. The van der Waals surface area contributed by atoms with Crippen LogP contribution in [-0.2, 0) is 15.6 Å². The molecule has 0 aromatic rings. The van der Waals surface area contributed by atoms with Crippen LogP contribution in [0.3, 0.4) is 0 Å². The molecule has 0 aromatic carbocycles. The second-order valence-corrected chi connectivity index (χ2v) is 6.47. The highest BCUT2D eigenvalue weighted by Gasteiger charge is 2.17. The first kappa shape index (κ1) is 13.7. The number of carbonyl (C=O) groups excluding carboxylic acids is 1. The molecule has 0 radical (unpaired) electrons. The molecule has 1 saturated carbocycles. The summed E-state index contributed by atoms with van der Waals surface area (Å²) < 4.78 is 11.7. The number of hydrogen-bond acceptors (Lipinski definition) is 2. The van der Waals surface area contributed by atoms with Gasteiger partial charge in [-0.3, -0.25) is 9.00 Å². The predicted octanol–water partition coefficient (Wildman–Crippen LogP) is 1.79. The topological polar surface area (TPSA) is 37.4 Å². The first-order chi connectivity index (χ1) is 7.59. The van der Waals surface area contributed by atoms with E-state index in [2.05, 4.69) is 0 Å². The van der Waals surface area contributed by atoms with Gasteiger partial charge in [-0.05, 0) is 25.2 Å². The minimum atomic E-state index is -0.710. The molecule has 4 heteroatoms. The van der Waals surface area contributed by atoms with Crippen molar-refractivity contribution >= 4 is 16.7 Å². The Morgan fingerprint density at radius 3 is 2.50 bits per heavy atom. The molecule has 1 aliphatic carbocycles. The Morgan fingerprint density at radius 1 is 1.31 bits per heavy atom. The lowest BCUT2D eigenvalue weighted by molar-refractivity contribution is -0.128. The van der Waals surface area contributed by atoms with Crippen molar-refractivity contribution in [1.29, 1.82) is 0 Å². The molecular weight excluding hydrogens is 222 g/mol. The van der Waals surface area contributed by atoms with Crippen LogP contribution in [0.1, 0.15) is 38.5 Å². The Labute approximate surface area is 101 Å². The molecule has 16 heavy (non-hydrogen) atoms. The van der Waals surface area contributed by atoms with E-state index in [-0.39, 0.29) is 5.91 Å². The summed E-state index contributed by atoms with van der Waals surface area (Å²) in [7, 11) is 2.81. The van der Waals surface area contributed by atoms with Crippen molar-refractivity contribution in [3.05, 3.63) is 0 Å². The van der Waals surface area contributed by atoms with Gasteiger partial charge in [-0.1, -0.05) is 12.8 Å². The average Bonchev–Trinajstić information content (AvgIpc) is 2.70. The molecule has 1 fully saturated rings. The van der Waals surface area contributed by atoms with Crippen LogP contribution in [-0.4, -0.2) is 40.6 Å². The van der Waals surface area contributed by atoms with Gasteiger partial charge in [0.25, 0.3) is 0 Å². The van der Waals surface area contributed by atoms with Crippen LogP contribution in [0.5, 0.6) is 0 Å². The first-order valence-electron chi connectivity index (χ1n) is 6.14. The van der Waals surface area contributed by atoms with E-state index >= 15 is 0 Å². The quantitative estimate of drug-likeness (QED) is 0.715. The Balaban J connectivity index is 2.08. The van der Waals surface area contributed by atoms with E-state index in [1.54, 1.807) is 19.0 Å². The minimum Gasteiger partial charge on any atom is -0.349 e. The maximum atomic E-state index is 11.7. The molecule has 0 unspecified atom stereocenters. The number of hydrogen-bond donors (Lipinski definition) is 0. The molecule has 1 amide bonds. The van der Waals surface area contributed by atoms with Gasteiger partial charge in [0.2, 0.25) is 5.91 Å². The molecule has 0 bridgehead atoms. The second kappa shape index (κ2) is 7.05. The largest absolute Gasteiger partial charge is 0.349 e. The fourth-order valence-electron chi connectivity index (χ4n) is 2.13. The third-order valence-electron chi connectivity index (χ3n) is 3.16. The Hall–Kier alpha value is -0.380. The number of rotatable bonds is 6. The van der Waals surface area contributed by atoms with Crippen molar-refractivity contribution in [2.45, 2.75) is 38.5 Å². The van der Waals surface area contributed by atoms with Crippen LogP contribution < -0.4 is 0 Å². The summed E-state index contributed by atoms with van der Waals surface area (Å²) in [4.78, 5) is 12.9. The van der Waals surface area contributed by atoms with Gasteiger partial charge in [-0.15, -0.1) is 0 Å². The Bertz CT molecular complexity index is 247. The summed E-state index contributed by atoms with van der Waals surface area (Å²) in [5.74, 6) is 2.37. The van der Waals surface area contributed by atoms with E-state index in [0.29, 0.717) is 18.1 Å². The third-order valence-corrected chi connectivity index (χ3v) is 4.74. The second-order valence-electron chi connectivity index (χ2n) is 4.85. The first-order valence-corrected chi connectivity index (χ1v) is 7.63. The number of nitrogens with zero attached hydrogens (tertiary/aromatic N) is 1. The van der Waals surface area contributed by atoms with Crippen molar-refractivity contribution in [3.8, 4) is 0 Å². The van der Waals surface area contributed by atoms with E-state index in [9.17, 15) is 9.00 Å². The van der Waals surface area contributed by atoms with Crippen LogP contribution in [0, 0.1) is 5.92 Å². The summed E-state index contributed by atoms with van der Waals surface area (Å²) in [5.41, 5.74) is 0. The summed E-state index contributed by atoms with van der Waals surface area (Å²) in [6, 6.07) is 0. The zero-order chi connectivity index (χ0) is 12.0. The Morgan fingerprint density at radius 2 is 1.94 bits per heavy atom. The van der Waals surface area contributed by atoms with E-state index in [1.165, 1.54) is 25.7 Å². The number of amides is 1. The third kappa shape index (κ3) is 5.10. The van der Waals surface area contributed by atoms with Gasteiger partial charge in [-0.2, -0.15) is 0 Å². The lowest BCUT2D eigenvalue weighted by Gasteiger charge is -2.10. The predicted molar refractivity (Wildman–Crippen MR) is 67.8 cm³/mol. The average molecular weight is 245 g/mol. The maximum absolute atomic E-state index is 11.7. The molecule has 3 nitrogen and oxygen atoms in total. The van der Waals surface area contributed by atoms with Crippen LogP contribution in [0.4, 0.5) is 0 Å². The molecule has 1 rings (SSSR count). The molecule has 1 atom stereocenters. The lowest BCUT2D eigenvalue weighted by Crippen LogP contribution is -2.22. The zero-order valence-corrected chi connectivity index (χ0v) is 11.2. The van der Waals surface area contributed by atoms with Crippen LogP contribution in [0.15, 0.2) is 0 Å². The van der Waals surface area contributed by atoms with Crippen LogP contribution >= 0.6 is 0 Å². The fraction of sp³-hybridized carbons (Fsp3) is 0.917. The molecule has 1 aliphatic rings. The van der Waals surface area contributed by atoms with Gasteiger partial charge < -0.3 is 4.90 Å². The molecule has 0 heterocycles. The molecule has 0 aromatic heterocycles. The van der Waals surface area contributed by atoms with Crippen molar-refractivity contribution < 1.29 is 9.00 Å². The van der Waals surface area contributed by atoms with Crippen LogP contribution in [0.2, 0.25) is 0 Å². The monoisotopic (exact) mass is 245 g/mol. The van der Waals surface area contributed by atoms with Gasteiger partial charge >= 0.3 is 0 Å². The van der Waals surface area contributed by atoms with Crippen molar-refractivity contribution in [2.75, 3.05) is 25.6 Å². The summed E-state index contributed by atoms with van der Waals surface area (Å²) in [5, 5.41) is 0. The summed E-state index contributed by atoms with van der Waals surface area (Å²) in [6.45, 7) is 0. The van der Waals surface area contributed by atoms with Gasteiger partial charge in [0.15, 0.2) is 0 Å². The van der Waals surface area contributed by atoms with Crippen molar-refractivity contribution in [3.63, 3.8) is 0 Å². The molecule has 0 spiro atoms.